The quantitative estimate of drug-likeness (QED) is 0.0259. The third-order valence-corrected chi connectivity index (χ3v) is 25.9. The first kappa shape index (κ1) is 84.9. The Kier molecular flexibility index (Phi) is 33.7. The molecule has 15 aromatic rings. The van der Waals surface area contributed by atoms with Gasteiger partial charge in [0.05, 0.1) is 22.1 Å². The van der Waals surface area contributed by atoms with E-state index in [1.54, 1.807) is 141 Å². The van der Waals surface area contributed by atoms with Crippen LogP contribution in [0.3, 0.4) is 0 Å². The molecule has 552 valence electrons. The average Bonchev–Trinajstić information content (AvgIpc) is 0.757. The Labute approximate surface area is 677 Å². The molecule has 0 radical (unpaired) electrons. The SMILES string of the molecule is Br.CC(=O)c1ccncc1.Cc1ccc2ccc(/C=C/C(=O)c3ccncc3)nc2c1.Cc1ccc2ccc(C=O)nc2c1.O=C(C=P(c1ccccc1)(c1ccccc1)c1ccccc1)c1ccncc1.O=C(CBr)c1ccncc1.O=C(C[P+](c1ccccc1)(c1ccccc1)c1ccccc1)c1ccncc1.[Br-]. The lowest BCUT2D eigenvalue weighted by atomic mass is 10.1. The minimum absolute atomic E-state index is 0. The van der Waals surface area contributed by atoms with Crippen molar-refractivity contribution in [1.29, 1.82) is 0 Å². The Bertz CT molecular complexity index is 5350. The Morgan fingerprint density at radius 3 is 1.05 bits per heavy atom. The molecule has 0 saturated heterocycles. The van der Waals surface area contributed by atoms with Crippen molar-refractivity contribution in [2.75, 3.05) is 11.5 Å². The number of hydrogen-bond donors (Lipinski definition) is 0. The zero-order chi connectivity index (χ0) is 76.5. The third kappa shape index (κ3) is 23.9. The van der Waals surface area contributed by atoms with E-state index in [0.717, 1.165) is 55.3 Å². The van der Waals surface area contributed by atoms with Crippen LogP contribution in [0.25, 0.3) is 27.9 Å². The highest BCUT2D eigenvalue weighted by Gasteiger charge is 2.47. The molecule has 111 heavy (non-hydrogen) atoms. The minimum Gasteiger partial charge on any atom is -1.00 e. The number of hydrogen-bond acceptors (Lipinski definition) is 13. The lowest BCUT2D eigenvalue weighted by Gasteiger charge is -2.28. The second-order valence-corrected chi connectivity index (χ2v) is 31.9. The van der Waals surface area contributed by atoms with E-state index in [0.29, 0.717) is 45.0 Å². The van der Waals surface area contributed by atoms with E-state index in [1.807, 2.05) is 141 Å². The first-order valence-electron chi connectivity index (χ1n) is 34.8. The van der Waals surface area contributed by atoms with Gasteiger partial charge in [0.2, 0.25) is 5.78 Å². The van der Waals surface area contributed by atoms with Gasteiger partial charge >= 0.3 is 0 Å². The molecule has 0 spiro atoms. The number of aryl methyl sites for hydroxylation is 2. The van der Waals surface area contributed by atoms with Gasteiger partial charge in [-0.25, -0.2) is 9.97 Å². The first-order chi connectivity index (χ1) is 53.3. The minimum atomic E-state index is -2.27. The van der Waals surface area contributed by atoms with Crippen LogP contribution < -0.4 is 48.8 Å². The van der Waals surface area contributed by atoms with Crippen LogP contribution in [-0.4, -0.2) is 87.4 Å². The number of pyridine rings is 7. The maximum Gasteiger partial charge on any atom is 0.201 e. The summed E-state index contributed by atoms with van der Waals surface area (Å²) in [6, 6.07) is 99.5. The smallest absolute Gasteiger partial charge is 0.201 e. The van der Waals surface area contributed by atoms with E-state index in [9.17, 15) is 28.8 Å². The van der Waals surface area contributed by atoms with E-state index >= 15 is 0 Å². The van der Waals surface area contributed by atoms with Crippen LogP contribution >= 0.6 is 47.1 Å². The van der Waals surface area contributed by atoms with E-state index in [-0.39, 0.29) is 62.9 Å². The van der Waals surface area contributed by atoms with Crippen LogP contribution in [0.4, 0.5) is 0 Å². The van der Waals surface area contributed by atoms with Gasteiger partial charge in [-0.2, -0.15) is 0 Å². The number of carbonyl (C=O) groups excluding carboxylic acids is 6. The monoisotopic (exact) mass is 1690 g/mol. The molecule has 0 fully saturated rings. The predicted molar refractivity (Wildman–Crippen MR) is 461 cm³/mol. The molecule has 8 aromatic carbocycles. The van der Waals surface area contributed by atoms with Gasteiger partial charge in [0.25, 0.3) is 0 Å². The summed E-state index contributed by atoms with van der Waals surface area (Å²) in [5, 5.41) is 9.67. The zero-order valence-corrected chi connectivity index (χ0v) is 67.7. The van der Waals surface area contributed by atoms with Crippen LogP contribution in [0.2, 0.25) is 0 Å². The summed E-state index contributed by atoms with van der Waals surface area (Å²) in [6.45, 7) is 3.31. The molecule has 0 aliphatic rings. The van der Waals surface area contributed by atoms with Crippen molar-refractivity contribution in [1.82, 2.24) is 34.9 Å². The number of ketones is 5. The number of carbonyl (C=O) groups is 6. The molecule has 0 aliphatic carbocycles. The van der Waals surface area contributed by atoms with Crippen LogP contribution in [0.5, 0.6) is 0 Å². The summed E-state index contributed by atoms with van der Waals surface area (Å²) >= 11 is 3.08. The van der Waals surface area contributed by atoms with Crippen molar-refractivity contribution in [3.63, 3.8) is 0 Å². The van der Waals surface area contributed by atoms with Crippen molar-refractivity contribution in [2.24, 2.45) is 0 Å². The van der Waals surface area contributed by atoms with Crippen LogP contribution in [-0.2, 0) is 0 Å². The molecule has 0 N–H and O–H groups in total. The number of fused-ring (bicyclic) bond motifs is 2. The van der Waals surface area contributed by atoms with Crippen molar-refractivity contribution >= 4 is 148 Å². The number of benzene rings is 8. The molecule has 0 amide bonds. The predicted octanol–water partition coefficient (Wildman–Crippen LogP) is 15.0. The van der Waals surface area contributed by atoms with Crippen LogP contribution in [0.15, 0.2) is 371 Å². The summed E-state index contributed by atoms with van der Waals surface area (Å²) in [5.74, 6) is 2.23. The number of aldehydes is 1. The molecule has 0 aliphatic heterocycles. The Hall–Kier alpha value is -11.7. The highest BCUT2D eigenvalue weighted by molar-refractivity contribution is 9.09. The van der Waals surface area contributed by atoms with Crippen molar-refractivity contribution in [3.8, 4) is 0 Å². The van der Waals surface area contributed by atoms with Gasteiger partial charge in [-0.15, -0.1) is 17.0 Å². The molecule has 7 heterocycles. The summed E-state index contributed by atoms with van der Waals surface area (Å²) in [4.78, 5) is 99.0. The number of nitrogens with zero attached hydrogens (tertiary/aromatic N) is 7. The fourth-order valence-electron chi connectivity index (χ4n) is 11.7. The standard InChI is InChI=1S/C25H21NOP.C25H20NOP.C18H14N2O.C11H9NO.C7H6BrNO.C7H7NO.2BrH/c2*27-25(21-16-18-26-19-17-21)20-28(22-10-4-1-5-11-22,23-12-6-2-7-13-23)24-14-8-3-9-15-24;1-13-2-3-14-4-5-16(20-17(14)12-13)6-7-18(21)15-8-10-19-11-9-15;1-8-2-3-9-4-5-10(7-13)12-11(9)6-8;8-5-7(10)6-1-3-9-4-2-6;1-6(9)7-2-4-8-5-3-7;;/h1-19H,20H2;1-20H;2-12H,1H3;2-7H,1H3;1-4H,5H2;2-5H,1H3;2*1H/q+1;;;;;;;/p-1/b;;7-6+;;;;;. The Morgan fingerprint density at radius 2 is 0.694 bits per heavy atom. The molecule has 13 nitrogen and oxygen atoms in total. The molecule has 0 atom stereocenters. The summed E-state index contributed by atoms with van der Waals surface area (Å²) in [5.41, 5.74) is 8.80. The molecule has 0 bridgehead atoms. The van der Waals surface area contributed by atoms with E-state index in [2.05, 4.69) is 166 Å². The van der Waals surface area contributed by atoms with Crippen LogP contribution in [0.1, 0.15) is 86.0 Å². The molecular weight excluding hydrogens is 1610 g/mol. The van der Waals surface area contributed by atoms with Gasteiger partial charge < -0.3 is 17.0 Å². The first-order valence-corrected chi connectivity index (χ1v) is 39.8. The number of aromatic nitrogens is 7. The molecule has 0 unspecified atom stereocenters. The number of rotatable bonds is 18. The summed E-state index contributed by atoms with van der Waals surface area (Å²) in [7, 11) is -2.14. The number of allylic oxidation sites excluding steroid dienone is 1. The number of halogens is 3. The average molecular weight is 1690 g/mol. The highest BCUT2D eigenvalue weighted by atomic mass is 79.9. The maximum atomic E-state index is 13.4. The summed E-state index contributed by atoms with van der Waals surface area (Å²) < 4.78 is 0. The van der Waals surface area contributed by atoms with Gasteiger partial charge in [-0.3, -0.25) is 53.7 Å². The fourth-order valence-corrected chi connectivity index (χ4v) is 19.9. The fraction of sp³-hybridized carbons (Fsp3) is 0.0538. The normalized spacial score (nSPS) is 10.5. The lowest BCUT2D eigenvalue weighted by molar-refractivity contribution is -0.0000627. The second-order valence-electron chi connectivity index (χ2n) is 24.6. The van der Waals surface area contributed by atoms with E-state index in [4.69, 9.17) is 0 Å². The van der Waals surface area contributed by atoms with E-state index in [1.165, 1.54) is 28.4 Å². The van der Waals surface area contributed by atoms with Crippen molar-refractivity contribution < 1.29 is 45.7 Å². The van der Waals surface area contributed by atoms with Gasteiger partial charge in [0.15, 0.2) is 29.4 Å². The second kappa shape index (κ2) is 44.1. The molecular formula is C93H78Br3N7O6P2. The molecule has 18 heteroatoms. The maximum absolute atomic E-state index is 13.4. The van der Waals surface area contributed by atoms with E-state index < -0.39 is 14.1 Å². The Balaban J connectivity index is 0.000000175. The van der Waals surface area contributed by atoms with Gasteiger partial charge in [0, 0.05) is 101 Å². The van der Waals surface area contributed by atoms with Crippen molar-refractivity contribution in [2.45, 2.75) is 20.8 Å². The molecule has 7 aromatic heterocycles. The Morgan fingerprint density at radius 1 is 0.378 bits per heavy atom. The highest BCUT2D eigenvalue weighted by Crippen LogP contribution is 2.55. The van der Waals surface area contributed by atoms with Gasteiger partial charge in [0.1, 0.15) is 35.0 Å². The lowest BCUT2D eigenvalue weighted by Crippen LogP contribution is -3.00. The van der Waals surface area contributed by atoms with Gasteiger partial charge in [-0.1, -0.05) is 198 Å². The third-order valence-electron chi connectivity index (χ3n) is 17.2. The zero-order valence-electron chi connectivity index (χ0n) is 61.0. The molecule has 0 saturated carbocycles. The van der Waals surface area contributed by atoms with Gasteiger partial charge in [-0.05, 0) is 194 Å². The number of alkyl halides is 1. The largest absolute Gasteiger partial charge is 1.00 e. The molecule has 15 rings (SSSR count). The van der Waals surface area contributed by atoms with Crippen molar-refractivity contribution in [3.05, 3.63) is 422 Å². The summed E-state index contributed by atoms with van der Waals surface area (Å²) in [6.07, 6.45) is 20.8. The number of Topliss-reactive ketones (excluding diaryl/α,β-unsaturated/α-hetero) is 4. The topological polar surface area (TPSA) is 193 Å². The van der Waals surface area contributed by atoms with Crippen LogP contribution in [0, 0.1) is 13.8 Å².